The predicted molar refractivity (Wildman–Crippen MR) is 139 cm³/mol. The van der Waals surface area contributed by atoms with Crippen LogP contribution in [-0.4, -0.2) is 57.6 Å². The van der Waals surface area contributed by atoms with Gasteiger partial charge in [-0.25, -0.2) is 32.2 Å². The summed E-state index contributed by atoms with van der Waals surface area (Å²) in [6, 6.07) is 7.06. The van der Waals surface area contributed by atoms with Crippen LogP contribution >= 0.6 is 11.6 Å². The van der Waals surface area contributed by atoms with E-state index in [2.05, 4.69) is 29.9 Å². The summed E-state index contributed by atoms with van der Waals surface area (Å²) in [5.74, 6) is -1.31. The Hall–Kier alpha value is -3.75. The van der Waals surface area contributed by atoms with Crippen LogP contribution in [0.5, 0.6) is 5.88 Å². The van der Waals surface area contributed by atoms with Crippen molar-refractivity contribution in [1.82, 2.24) is 29.7 Å². The van der Waals surface area contributed by atoms with Crippen LogP contribution in [0.15, 0.2) is 48.8 Å². The van der Waals surface area contributed by atoms with Crippen molar-refractivity contribution < 1.29 is 26.7 Å². The highest BCUT2D eigenvalue weighted by atomic mass is 35.5. The lowest BCUT2D eigenvalue weighted by molar-refractivity contribution is 0.0950. The third-order valence-electron chi connectivity index (χ3n) is 5.91. The minimum atomic E-state index is -4.22. The number of methoxy groups -OCH3 is 2. The monoisotopic (exact) mass is 579 g/mol. The number of ether oxygens (including phenoxy) is 2. The van der Waals surface area contributed by atoms with Gasteiger partial charge in [-0.05, 0) is 37.6 Å². The van der Waals surface area contributed by atoms with Gasteiger partial charge >= 0.3 is 0 Å². The molecule has 1 N–H and O–H groups in total. The van der Waals surface area contributed by atoms with Gasteiger partial charge in [0.2, 0.25) is 21.9 Å². The summed E-state index contributed by atoms with van der Waals surface area (Å²) in [5, 5.41) is 7.24. The Morgan fingerprint density at radius 1 is 1.03 bits per heavy atom. The number of nitrogens with zero attached hydrogens (tertiary/aromatic N) is 6. The second kappa shape index (κ2) is 11.6. The number of anilines is 1. The number of sulfonamides is 1. The van der Waals surface area contributed by atoms with Crippen molar-refractivity contribution in [2.24, 2.45) is 0 Å². The Kier molecular flexibility index (Phi) is 8.37. The molecule has 0 spiro atoms. The van der Waals surface area contributed by atoms with Crippen molar-refractivity contribution in [1.29, 1.82) is 0 Å². The van der Waals surface area contributed by atoms with Crippen LogP contribution in [0.2, 0.25) is 5.02 Å². The molecule has 206 valence electrons. The number of aromatic nitrogens is 6. The fourth-order valence-corrected chi connectivity index (χ4v) is 5.12. The lowest BCUT2D eigenvalue weighted by Crippen LogP contribution is -2.33. The molecule has 0 saturated heterocycles. The van der Waals surface area contributed by atoms with Crippen molar-refractivity contribution >= 4 is 27.6 Å². The summed E-state index contributed by atoms with van der Waals surface area (Å²) < 4.78 is 69.6. The highest BCUT2D eigenvalue weighted by Crippen LogP contribution is 2.31. The van der Waals surface area contributed by atoms with Crippen molar-refractivity contribution in [2.75, 3.05) is 18.9 Å². The van der Waals surface area contributed by atoms with Crippen molar-refractivity contribution in [3.8, 4) is 17.4 Å². The topological polar surface area (TPSA) is 134 Å². The molecule has 0 amide bonds. The van der Waals surface area contributed by atoms with E-state index < -0.39 is 39.1 Å². The molecule has 0 unspecified atom stereocenters. The minimum absolute atomic E-state index is 0.103. The summed E-state index contributed by atoms with van der Waals surface area (Å²) in [6.45, 7) is 3.02. The minimum Gasteiger partial charge on any atom is -0.481 e. The fourth-order valence-electron chi connectivity index (χ4n) is 3.88. The van der Waals surface area contributed by atoms with Crippen LogP contribution in [0.25, 0.3) is 11.5 Å². The molecule has 11 nitrogen and oxygen atoms in total. The Balaban J connectivity index is 1.78. The van der Waals surface area contributed by atoms with Gasteiger partial charge in [0.25, 0.3) is 0 Å². The fraction of sp³-hybridized carbons (Fsp3) is 0.292. The van der Waals surface area contributed by atoms with Gasteiger partial charge in [-0.3, -0.25) is 9.29 Å². The molecule has 3 aromatic heterocycles. The molecule has 39 heavy (non-hydrogen) atoms. The maximum absolute atomic E-state index is 14.1. The molecule has 3 heterocycles. The molecule has 0 fully saturated rings. The standard InChI is InChI=1S/C24H24ClF2N7O4S/c1-13(15-8-17(26)10-18(27)9-15)34-23(19-6-5-7-20(30-19)37-3)31-32-24(34)33-39(35,36)14(2)21(38-4)22-28-11-16(25)12-29-22/h5-14,21H,1-4H3,(H,32,33)/t13-,14+,21+/m1/s1. The van der Waals surface area contributed by atoms with Gasteiger partial charge in [0.1, 0.15) is 28.7 Å². The highest BCUT2D eigenvalue weighted by molar-refractivity contribution is 7.93. The van der Waals surface area contributed by atoms with E-state index in [0.717, 1.165) is 18.2 Å². The van der Waals surface area contributed by atoms with Gasteiger partial charge in [-0.15, -0.1) is 10.2 Å². The van der Waals surface area contributed by atoms with E-state index in [1.165, 1.54) is 38.1 Å². The maximum atomic E-state index is 14.1. The second-order valence-electron chi connectivity index (χ2n) is 8.43. The molecule has 3 atom stereocenters. The van der Waals surface area contributed by atoms with Crippen LogP contribution in [0.1, 0.15) is 37.4 Å². The Labute approximate surface area is 228 Å². The smallest absolute Gasteiger partial charge is 0.240 e. The molecule has 0 bridgehead atoms. The zero-order valence-corrected chi connectivity index (χ0v) is 22.8. The molecule has 1 aromatic carbocycles. The molecule has 15 heteroatoms. The number of halogens is 3. The van der Waals surface area contributed by atoms with Gasteiger partial charge < -0.3 is 9.47 Å². The van der Waals surface area contributed by atoms with Gasteiger partial charge in [0.15, 0.2) is 11.6 Å². The number of rotatable bonds is 10. The Morgan fingerprint density at radius 2 is 1.69 bits per heavy atom. The van der Waals surface area contributed by atoms with Gasteiger partial charge in [-0.2, -0.15) is 0 Å². The molecule has 0 aliphatic carbocycles. The average molecular weight is 580 g/mol. The van der Waals surface area contributed by atoms with Crippen LogP contribution in [-0.2, 0) is 14.8 Å². The van der Waals surface area contributed by atoms with Gasteiger partial charge in [-0.1, -0.05) is 17.7 Å². The first-order valence-electron chi connectivity index (χ1n) is 11.5. The van der Waals surface area contributed by atoms with Crippen LogP contribution in [0, 0.1) is 11.6 Å². The quantitative estimate of drug-likeness (QED) is 0.293. The molecule has 0 aliphatic rings. The summed E-state index contributed by atoms with van der Waals surface area (Å²) in [7, 11) is -1.46. The lowest BCUT2D eigenvalue weighted by Gasteiger charge is -2.23. The molecule has 0 saturated carbocycles. The second-order valence-corrected chi connectivity index (χ2v) is 10.9. The molecule has 0 aliphatic heterocycles. The first kappa shape index (κ1) is 28.3. The van der Waals surface area contributed by atoms with E-state index >= 15 is 0 Å². The van der Waals surface area contributed by atoms with E-state index in [0.29, 0.717) is 0 Å². The van der Waals surface area contributed by atoms with E-state index in [-0.39, 0.29) is 39.8 Å². The molecular weight excluding hydrogens is 556 g/mol. The average Bonchev–Trinajstić information content (AvgIpc) is 3.31. The van der Waals surface area contributed by atoms with Crippen molar-refractivity contribution in [2.45, 2.75) is 31.2 Å². The van der Waals surface area contributed by atoms with E-state index in [9.17, 15) is 17.2 Å². The first-order chi connectivity index (χ1) is 18.5. The maximum Gasteiger partial charge on any atom is 0.240 e. The van der Waals surface area contributed by atoms with Crippen LogP contribution < -0.4 is 9.46 Å². The van der Waals surface area contributed by atoms with E-state index in [1.54, 1.807) is 25.1 Å². The molecule has 4 aromatic rings. The predicted octanol–water partition coefficient (Wildman–Crippen LogP) is 4.20. The first-order valence-corrected chi connectivity index (χ1v) is 13.4. The van der Waals surface area contributed by atoms with Gasteiger partial charge in [0, 0.05) is 31.6 Å². The summed E-state index contributed by atoms with van der Waals surface area (Å²) in [6.07, 6.45) is 1.59. The van der Waals surface area contributed by atoms with Crippen LogP contribution in [0.3, 0.4) is 0 Å². The normalized spacial score (nSPS) is 14.0. The van der Waals surface area contributed by atoms with Crippen molar-refractivity contribution in [3.05, 3.63) is 76.8 Å². The Bertz CT molecular complexity index is 1550. The zero-order chi connectivity index (χ0) is 28.3. The molecule has 0 radical (unpaired) electrons. The van der Waals surface area contributed by atoms with E-state index in [1.807, 2.05) is 0 Å². The zero-order valence-electron chi connectivity index (χ0n) is 21.2. The van der Waals surface area contributed by atoms with E-state index in [4.69, 9.17) is 21.1 Å². The highest BCUT2D eigenvalue weighted by Gasteiger charge is 2.35. The summed E-state index contributed by atoms with van der Waals surface area (Å²) in [5.41, 5.74) is 0.489. The summed E-state index contributed by atoms with van der Waals surface area (Å²) >= 11 is 5.85. The largest absolute Gasteiger partial charge is 0.481 e. The third-order valence-corrected chi connectivity index (χ3v) is 7.80. The van der Waals surface area contributed by atoms with Crippen molar-refractivity contribution in [3.63, 3.8) is 0 Å². The number of hydrogen-bond donors (Lipinski definition) is 1. The molecular formula is C24H24ClF2N7O4S. The Morgan fingerprint density at radius 3 is 2.31 bits per heavy atom. The number of benzene rings is 1. The number of hydrogen-bond acceptors (Lipinski definition) is 9. The number of nitrogens with one attached hydrogen (secondary N) is 1. The molecule has 4 rings (SSSR count). The number of pyridine rings is 1. The summed E-state index contributed by atoms with van der Waals surface area (Å²) in [4.78, 5) is 12.5. The SMILES string of the molecule is COc1cccc(-c2nnc(NS(=O)(=O)[C@@H](C)[C@H](OC)c3ncc(Cl)cn3)n2[C@H](C)c2cc(F)cc(F)c2)n1. The van der Waals surface area contributed by atoms with Gasteiger partial charge in [0.05, 0.1) is 18.2 Å². The lowest BCUT2D eigenvalue weighted by atomic mass is 10.1. The van der Waals surface area contributed by atoms with Crippen LogP contribution in [0.4, 0.5) is 14.7 Å². The third kappa shape index (κ3) is 6.13.